The molecule has 0 spiro atoms. The molecule has 100 valence electrons. The Kier molecular flexibility index (Phi) is 5.64. The van der Waals surface area contributed by atoms with E-state index in [-0.39, 0.29) is 12.1 Å². The summed E-state index contributed by atoms with van der Waals surface area (Å²) in [4.78, 5) is 9.67. The van der Waals surface area contributed by atoms with Crippen LogP contribution in [0.4, 0.5) is 14.5 Å². The number of nitrogens with zero attached hydrogens (tertiary/aromatic N) is 1. The molecule has 0 saturated heterocycles. The van der Waals surface area contributed by atoms with Crippen LogP contribution in [0.5, 0.6) is 0 Å². The quantitative estimate of drug-likeness (QED) is 0.464. The van der Waals surface area contributed by atoms with Gasteiger partial charge in [0.1, 0.15) is 5.82 Å². The van der Waals surface area contributed by atoms with Crippen LogP contribution in [0.3, 0.4) is 0 Å². The van der Waals surface area contributed by atoms with Crippen molar-refractivity contribution >= 4 is 5.69 Å². The number of hydrogen-bond donors (Lipinski definition) is 1. The monoisotopic (exact) mass is 258 g/mol. The summed E-state index contributed by atoms with van der Waals surface area (Å²) in [5.41, 5.74) is -0.582. The Bertz CT molecular complexity index is 425. The maximum atomic E-state index is 13.4. The first kappa shape index (κ1) is 14.5. The number of rotatable bonds is 7. The lowest BCUT2D eigenvalue weighted by Crippen LogP contribution is -2.16. The minimum Gasteiger partial charge on any atom is -0.313 e. The third-order valence-electron chi connectivity index (χ3n) is 2.59. The number of nitro benzene ring substituents is 1. The van der Waals surface area contributed by atoms with Crippen molar-refractivity contribution in [2.75, 3.05) is 6.54 Å². The Morgan fingerprint density at radius 2 is 2.00 bits per heavy atom. The van der Waals surface area contributed by atoms with E-state index in [4.69, 9.17) is 0 Å². The summed E-state index contributed by atoms with van der Waals surface area (Å²) >= 11 is 0. The van der Waals surface area contributed by atoms with Crippen molar-refractivity contribution in [1.82, 2.24) is 5.32 Å². The van der Waals surface area contributed by atoms with Gasteiger partial charge in [-0.05, 0) is 13.0 Å². The largest absolute Gasteiger partial charge is 0.313 e. The van der Waals surface area contributed by atoms with Gasteiger partial charge in [-0.2, -0.15) is 4.39 Å². The summed E-state index contributed by atoms with van der Waals surface area (Å²) < 4.78 is 26.4. The van der Waals surface area contributed by atoms with Gasteiger partial charge in [-0.1, -0.05) is 19.8 Å². The predicted octanol–water partition coefficient (Wildman–Crippen LogP) is 3.15. The summed E-state index contributed by atoms with van der Waals surface area (Å²) in [6, 6.07) is 1.50. The summed E-state index contributed by atoms with van der Waals surface area (Å²) in [6.45, 7) is 2.94. The normalized spacial score (nSPS) is 10.6. The Balaban J connectivity index is 2.65. The third-order valence-corrected chi connectivity index (χ3v) is 2.59. The van der Waals surface area contributed by atoms with E-state index in [0.717, 1.165) is 25.3 Å². The van der Waals surface area contributed by atoms with E-state index >= 15 is 0 Å². The molecule has 0 aliphatic rings. The zero-order valence-electron chi connectivity index (χ0n) is 10.2. The highest BCUT2D eigenvalue weighted by molar-refractivity contribution is 5.37. The van der Waals surface area contributed by atoms with E-state index in [1.54, 1.807) is 0 Å². The smallest absolute Gasteiger partial charge is 0.305 e. The van der Waals surface area contributed by atoms with Crippen molar-refractivity contribution in [3.63, 3.8) is 0 Å². The van der Waals surface area contributed by atoms with Crippen molar-refractivity contribution in [3.8, 4) is 0 Å². The number of hydrogen-bond acceptors (Lipinski definition) is 3. The highest BCUT2D eigenvalue weighted by Crippen LogP contribution is 2.21. The summed E-state index contributed by atoms with van der Waals surface area (Å²) in [6.07, 6.45) is 3.11. The summed E-state index contributed by atoms with van der Waals surface area (Å²) in [7, 11) is 0. The van der Waals surface area contributed by atoms with Gasteiger partial charge in [0.15, 0.2) is 0 Å². The lowest BCUT2D eigenvalue weighted by molar-refractivity contribution is -0.387. The maximum Gasteiger partial charge on any atom is 0.305 e. The first-order valence-corrected chi connectivity index (χ1v) is 5.89. The molecule has 1 aromatic rings. The zero-order valence-corrected chi connectivity index (χ0v) is 10.2. The lowest BCUT2D eigenvalue weighted by Gasteiger charge is -2.06. The van der Waals surface area contributed by atoms with Crippen molar-refractivity contribution in [3.05, 3.63) is 39.4 Å². The molecule has 1 N–H and O–H groups in total. The SMILES string of the molecule is CCCCCNCc1cc([N+](=O)[O-])c(F)cc1F. The first-order chi connectivity index (χ1) is 8.56. The van der Waals surface area contributed by atoms with Crippen LogP contribution in [0.25, 0.3) is 0 Å². The van der Waals surface area contributed by atoms with E-state index in [1.807, 2.05) is 0 Å². The molecule has 0 fully saturated rings. The van der Waals surface area contributed by atoms with Crippen LogP contribution >= 0.6 is 0 Å². The highest BCUT2D eigenvalue weighted by Gasteiger charge is 2.17. The molecular formula is C12H16F2N2O2. The van der Waals surface area contributed by atoms with E-state index in [0.29, 0.717) is 12.6 Å². The molecule has 1 rings (SSSR count). The van der Waals surface area contributed by atoms with Gasteiger partial charge in [0, 0.05) is 24.2 Å². The fourth-order valence-corrected chi connectivity index (χ4v) is 1.58. The van der Waals surface area contributed by atoms with E-state index in [2.05, 4.69) is 12.2 Å². The van der Waals surface area contributed by atoms with E-state index in [1.165, 1.54) is 0 Å². The molecule has 0 heterocycles. The van der Waals surface area contributed by atoms with Gasteiger partial charge in [0.05, 0.1) is 4.92 Å². The number of nitro groups is 1. The van der Waals surface area contributed by atoms with E-state index in [9.17, 15) is 18.9 Å². The summed E-state index contributed by atoms with van der Waals surface area (Å²) in [5.74, 6) is -1.91. The molecule has 4 nitrogen and oxygen atoms in total. The second-order valence-electron chi connectivity index (χ2n) is 4.04. The second-order valence-corrected chi connectivity index (χ2v) is 4.04. The third kappa shape index (κ3) is 4.03. The Morgan fingerprint density at radius 1 is 1.28 bits per heavy atom. The van der Waals surface area contributed by atoms with Crippen molar-refractivity contribution in [2.45, 2.75) is 32.7 Å². The van der Waals surface area contributed by atoms with Crippen LogP contribution in [0.1, 0.15) is 31.7 Å². The molecule has 0 saturated carbocycles. The Morgan fingerprint density at radius 3 is 2.61 bits per heavy atom. The Labute approximate surface area is 104 Å². The minimum absolute atomic E-state index is 0.111. The topological polar surface area (TPSA) is 55.2 Å². The van der Waals surface area contributed by atoms with Gasteiger partial charge < -0.3 is 5.32 Å². The maximum absolute atomic E-state index is 13.4. The average Bonchev–Trinajstić information content (AvgIpc) is 2.30. The second kappa shape index (κ2) is 7.00. The van der Waals surface area contributed by atoms with Gasteiger partial charge in [0.2, 0.25) is 5.82 Å². The van der Waals surface area contributed by atoms with Crippen molar-refractivity contribution in [2.24, 2.45) is 0 Å². The number of benzene rings is 1. The minimum atomic E-state index is -1.15. The number of unbranched alkanes of at least 4 members (excludes halogenated alkanes) is 2. The molecule has 0 aromatic heterocycles. The van der Waals surface area contributed by atoms with Crippen LogP contribution in [0, 0.1) is 21.7 Å². The van der Waals surface area contributed by atoms with Gasteiger partial charge in [-0.15, -0.1) is 0 Å². The Hall–Kier alpha value is -1.56. The molecule has 0 bridgehead atoms. The fraction of sp³-hybridized carbons (Fsp3) is 0.500. The molecule has 18 heavy (non-hydrogen) atoms. The molecule has 0 unspecified atom stereocenters. The van der Waals surface area contributed by atoms with Gasteiger partial charge in [-0.25, -0.2) is 4.39 Å². The van der Waals surface area contributed by atoms with Crippen molar-refractivity contribution in [1.29, 1.82) is 0 Å². The highest BCUT2D eigenvalue weighted by atomic mass is 19.1. The van der Waals surface area contributed by atoms with Gasteiger partial charge >= 0.3 is 5.69 Å². The van der Waals surface area contributed by atoms with Crippen LogP contribution in [-0.2, 0) is 6.54 Å². The van der Waals surface area contributed by atoms with Crippen LogP contribution < -0.4 is 5.32 Å². The van der Waals surface area contributed by atoms with Crippen LogP contribution in [0.2, 0.25) is 0 Å². The van der Waals surface area contributed by atoms with Gasteiger partial charge in [0.25, 0.3) is 0 Å². The standard InChI is InChI=1S/C12H16F2N2O2/c1-2-3-4-5-15-8-9-6-12(16(17)18)11(14)7-10(9)13/h6-7,15H,2-5,8H2,1H3. The first-order valence-electron chi connectivity index (χ1n) is 5.89. The van der Waals surface area contributed by atoms with Crippen LogP contribution in [-0.4, -0.2) is 11.5 Å². The molecule has 0 aliphatic carbocycles. The van der Waals surface area contributed by atoms with E-state index < -0.39 is 22.2 Å². The zero-order chi connectivity index (χ0) is 13.5. The number of nitrogens with one attached hydrogen (secondary N) is 1. The molecule has 1 aromatic carbocycles. The van der Waals surface area contributed by atoms with Gasteiger partial charge in [-0.3, -0.25) is 10.1 Å². The predicted molar refractivity (Wildman–Crippen MR) is 64.2 cm³/mol. The summed E-state index contributed by atoms with van der Waals surface area (Å²) in [5, 5.41) is 13.5. The fourth-order valence-electron chi connectivity index (χ4n) is 1.58. The lowest BCUT2D eigenvalue weighted by atomic mass is 10.1. The average molecular weight is 258 g/mol. The molecule has 0 atom stereocenters. The molecule has 0 aliphatic heterocycles. The molecule has 0 radical (unpaired) electrons. The molecular weight excluding hydrogens is 242 g/mol. The molecule has 0 amide bonds. The van der Waals surface area contributed by atoms with Crippen LogP contribution in [0.15, 0.2) is 12.1 Å². The number of halogens is 2. The molecule has 6 heteroatoms. The van der Waals surface area contributed by atoms with Crippen molar-refractivity contribution < 1.29 is 13.7 Å².